The molecule has 0 radical (unpaired) electrons. The normalized spacial score (nSPS) is 12.4. The first kappa shape index (κ1) is 13.3. The number of hydrogen-bond acceptors (Lipinski definition) is 3. The van der Waals surface area contributed by atoms with Crippen LogP contribution < -0.4 is 5.32 Å². The Bertz CT molecular complexity index is 312. The first-order valence-corrected chi connectivity index (χ1v) is 5.91. The number of nitrogens with one attached hydrogen (secondary N) is 1. The fourth-order valence-electron chi connectivity index (χ4n) is 1.41. The molecule has 3 heteroatoms. The number of nitrogens with zero attached hydrogens (tertiary/aromatic N) is 1. The summed E-state index contributed by atoms with van der Waals surface area (Å²) in [6, 6.07) is 2.06. The van der Waals surface area contributed by atoms with Gasteiger partial charge < -0.3 is 14.6 Å². The molecule has 0 spiro atoms. The summed E-state index contributed by atoms with van der Waals surface area (Å²) in [5, 5.41) is 3.44. The molecular weight excluding hydrogens is 200 g/mol. The minimum atomic E-state index is 0.126. The molecule has 92 valence electrons. The van der Waals surface area contributed by atoms with Gasteiger partial charge in [-0.05, 0) is 40.4 Å². The van der Waals surface area contributed by atoms with Gasteiger partial charge in [0.05, 0.1) is 12.8 Å². The lowest BCUT2D eigenvalue weighted by molar-refractivity contribution is 0.335. The van der Waals surface area contributed by atoms with Crippen molar-refractivity contribution in [2.45, 2.75) is 46.3 Å². The van der Waals surface area contributed by atoms with Crippen LogP contribution in [0.2, 0.25) is 0 Å². The summed E-state index contributed by atoms with van der Waals surface area (Å²) in [6.45, 7) is 11.4. The van der Waals surface area contributed by atoms with Gasteiger partial charge in [0.1, 0.15) is 5.76 Å². The van der Waals surface area contributed by atoms with Crippen molar-refractivity contribution in [3.63, 3.8) is 0 Å². The number of rotatable bonds is 5. The van der Waals surface area contributed by atoms with Crippen LogP contribution in [0.15, 0.2) is 16.7 Å². The van der Waals surface area contributed by atoms with Gasteiger partial charge in [0, 0.05) is 17.6 Å². The molecule has 0 aliphatic rings. The minimum absolute atomic E-state index is 0.126. The molecule has 0 aliphatic carbocycles. The van der Waals surface area contributed by atoms with Crippen LogP contribution in [0.4, 0.5) is 0 Å². The van der Waals surface area contributed by atoms with Crippen molar-refractivity contribution in [1.29, 1.82) is 0 Å². The molecule has 0 saturated carbocycles. The minimum Gasteiger partial charge on any atom is -0.468 e. The first-order chi connectivity index (χ1) is 7.42. The van der Waals surface area contributed by atoms with Gasteiger partial charge >= 0.3 is 0 Å². The smallest absolute Gasteiger partial charge is 0.122 e. The molecule has 0 fully saturated rings. The third-order valence-electron chi connectivity index (χ3n) is 2.60. The number of furan rings is 1. The maximum absolute atomic E-state index is 5.52. The Morgan fingerprint density at radius 2 is 2.06 bits per heavy atom. The monoisotopic (exact) mass is 224 g/mol. The molecule has 1 N–H and O–H groups in total. The van der Waals surface area contributed by atoms with Gasteiger partial charge in [0.25, 0.3) is 0 Å². The lowest BCUT2D eigenvalue weighted by Crippen LogP contribution is -2.35. The Labute approximate surface area is 98.8 Å². The molecule has 0 atom stereocenters. The van der Waals surface area contributed by atoms with Crippen molar-refractivity contribution in [2.24, 2.45) is 0 Å². The first-order valence-electron chi connectivity index (χ1n) is 5.91. The van der Waals surface area contributed by atoms with E-state index in [0.717, 1.165) is 25.4 Å². The summed E-state index contributed by atoms with van der Waals surface area (Å²) in [6.07, 6.45) is 1.78. The third-order valence-corrected chi connectivity index (χ3v) is 2.60. The van der Waals surface area contributed by atoms with E-state index in [-0.39, 0.29) is 5.54 Å². The molecule has 0 aliphatic heterocycles. The van der Waals surface area contributed by atoms with Crippen molar-refractivity contribution in [3.05, 3.63) is 23.7 Å². The van der Waals surface area contributed by atoms with Crippen LogP contribution in [-0.2, 0) is 13.1 Å². The van der Waals surface area contributed by atoms with Gasteiger partial charge in [0.15, 0.2) is 0 Å². The fraction of sp³-hybridized carbons (Fsp3) is 0.692. The zero-order valence-electron chi connectivity index (χ0n) is 11.1. The van der Waals surface area contributed by atoms with Gasteiger partial charge in [-0.15, -0.1) is 0 Å². The van der Waals surface area contributed by atoms with Crippen LogP contribution in [0.1, 0.15) is 39.0 Å². The average Bonchev–Trinajstić information content (AvgIpc) is 2.61. The second-order valence-corrected chi connectivity index (χ2v) is 5.30. The quantitative estimate of drug-likeness (QED) is 0.833. The largest absolute Gasteiger partial charge is 0.468 e. The highest BCUT2D eigenvalue weighted by molar-refractivity contribution is 5.17. The van der Waals surface area contributed by atoms with Gasteiger partial charge in [-0.1, -0.05) is 6.92 Å². The van der Waals surface area contributed by atoms with Crippen molar-refractivity contribution < 1.29 is 4.42 Å². The van der Waals surface area contributed by atoms with Gasteiger partial charge in [-0.25, -0.2) is 0 Å². The van der Waals surface area contributed by atoms with Crippen molar-refractivity contribution in [1.82, 2.24) is 10.2 Å². The maximum atomic E-state index is 5.52. The Hall–Kier alpha value is -0.800. The Morgan fingerprint density at radius 3 is 2.62 bits per heavy atom. The Balaban J connectivity index is 2.57. The van der Waals surface area contributed by atoms with E-state index in [0.29, 0.717) is 0 Å². The summed E-state index contributed by atoms with van der Waals surface area (Å²) in [4.78, 5) is 2.27. The fourth-order valence-corrected chi connectivity index (χ4v) is 1.41. The van der Waals surface area contributed by atoms with Crippen LogP contribution in [0.25, 0.3) is 0 Å². The van der Waals surface area contributed by atoms with E-state index in [2.05, 4.69) is 51.0 Å². The molecule has 1 aromatic heterocycles. The average molecular weight is 224 g/mol. The predicted octanol–water partition coefficient (Wildman–Crippen LogP) is 2.62. The molecule has 0 bridgehead atoms. The summed E-state index contributed by atoms with van der Waals surface area (Å²) in [5.41, 5.74) is 1.40. The highest BCUT2D eigenvalue weighted by atomic mass is 16.3. The second-order valence-electron chi connectivity index (χ2n) is 5.30. The number of hydrogen-bond donors (Lipinski definition) is 1. The van der Waals surface area contributed by atoms with Gasteiger partial charge in [-0.2, -0.15) is 0 Å². The van der Waals surface area contributed by atoms with Gasteiger partial charge in [0.2, 0.25) is 0 Å². The maximum Gasteiger partial charge on any atom is 0.122 e. The van der Waals surface area contributed by atoms with Crippen LogP contribution >= 0.6 is 0 Å². The molecule has 1 rings (SSSR count). The van der Waals surface area contributed by atoms with E-state index >= 15 is 0 Å². The second kappa shape index (κ2) is 5.51. The standard InChI is InChI=1S/C13H24N2O/c1-6-15(5)10-11-7-8-16-12(11)9-14-13(2,3)4/h7-8,14H,6,9-10H2,1-5H3. The topological polar surface area (TPSA) is 28.4 Å². The molecular formula is C13H24N2O. The van der Waals surface area contributed by atoms with E-state index in [1.807, 2.05) is 0 Å². The summed E-state index contributed by atoms with van der Waals surface area (Å²) < 4.78 is 5.52. The van der Waals surface area contributed by atoms with E-state index < -0.39 is 0 Å². The van der Waals surface area contributed by atoms with E-state index in [4.69, 9.17) is 4.42 Å². The van der Waals surface area contributed by atoms with E-state index in [1.54, 1.807) is 6.26 Å². The third kappa shape index (κ3) is 4.37. The zero-order valence-corrected chi connectivity index (χ0v) is 11.1. The zero-order chi connectivity index (χ0) is 12.2. The SMILES string of the molecule is CCN(C)Cc1ccoc1CNC(C)(C)C. The molecule has 0 amide bonds. The highest BCUT2D eigenvalue weighted by Gasteiger charge is 2.13. The molecule has 0 aromatic carbocycles. The van der Waals surface area contributed by atoms with Crippen LogP contribution in [0.3, 0.4) is 0 Å². The molecule has 16 heavy (non-hydrogen) atoms. The highest BCUT2D eigenvalue weighted by Crippen LogP contribution is 2.13. The molecule has 0 unspecified atom stereocenters. The molecule has 0 saturated heterocycles. The molecule has 1 heterocycles. The lowest BCUT2D eigenvalue weighted by atomic mass is 10.1. The van der Waals surface area contributed by atoms with Crippen LogP contribution in [0.5, 0.6) is 0 Å². The lowest BCUT2D eigenvalue weighted by Gasteiger charge is -2.20. The summed E-state index contributed by atoms with van der Waals surface area (Å²) >= 11 is 0. The van der Waals surface area contributed by atoms with E-state index in [9.17, 15) is 0 Å². The van der Waals surface area contributed by atoms with Gasteiger partial charge in [-0.3, -0.25) is 0 Å². The van der Waals surface area contributed by atoms with Crippen molar-refractivity contribution in [3.8, 4) is 0 Å². The predicted molar refractivity (Wildman–Crippen MR) is 67.3 cm³/mol. The molecule has 1 aromatic rings. The Morgan fingerprint density at radius 1 is 1.38 bits per heavy atom. The van der Waals surface area contributed by atoms with Crippen molar-refractivity contribution in [2.75, 3.05) is 13.6 Å². The summed E-state index contributed by atoms with van der Waals surface area (Å²) in [7, 11) is 2.12. The van der Waals surface area contributed by atoms with Crippen molar-refractivity contribution >= 4 is 0 Å². The van der Waals surface area contributed by atoms with E-state index in [1.165, 1.54) is 5.56 Å². The Kier molecular flexibility index (Phi) is 4.56. The molecule has 3 nitrogen and oxygen atoms in total. The van der Waals surface area contributed by atoms with Crippen LogP contribution in [-0.4, -0.2) is 24.0 Å². The van der Waals surface area contributed by atoms with Crippen LogP contribution in [0, 0.1) is 0 Å². The summed E-state index contributed by atoms with van der Waals surface area (Å²) in [5.74, 6) is 1.05.